The molecule has 11 heteroatoms. The van der Waals surface area contributed by atoms with Gasteiger partial charge >= 0.3 is 0 Å². The molecule has 3 aliphatic rings. The fourth-order valence-electron chi connectivity index (χ4n) is 15.0. The Kier molecular flexibility index (Phi) is 38.4. The van der Waals surface area contributed by atoms with Gasteiger partial charge in [0.1, 0.15) is 40.4 Å². The summed E-state index contributed by atoms with van der Waals surface area (Å²) in [5.41, 5.74) is 10.4. The van der Waals surface area contributed by atoms with Crippen molar-refractivity contribution in [1.29, 1.82) is 0 Å². The third kappa shape index (κ3) is 31.9. The summed E-state index contributed by atoms with van der Waals surface area (Å²) in [5.74, 6) is 3.21. The van der Waals surface area contributed by atoms with Crippen molar-refractivity contribution in [2.24, 2.45) is 69.3 Å². The molecule has 0 saturated heterocycles. The number of hydrogen-bond acceptors (Lipinski definition) is 8. The first-order chi connectivity index (χ1) is 55.2. The highest BCUT2D eigenvalue weighted by Crippen LogP contribution is 2.48. The van der Waals surface area contributed by atoms with Crippen molar-refractivity contribution in [3.05, 3.63) is 225 Å². The number of aryl methyl sites for hydroxylation is 5. The molecule has 2 aromatic heterocycles. The van der Waals surface area contributed by atoms with Crippen LogP contribution in [0.4, 0.5) is 0 Å². The second kappa shape index (κ2) is 44.2. The van der Waals surface area contributed by atoms with Crippen LogP contribution in [0.15, 0.2) is 170 Å². The third-order valence-electron chi connectivity index (χ3n) is 23.0. The van der Waals surface area contributed by atoms with Gasteiger partial charge in [-0.1, -0.05) is 391 Å². The summed E-state index contributed by atoms with van der Waals surface area (Å²) in [7, 11) is 3.77. The number of para-hydroxylation sites is 1. The van der Waals surface area contributed by atoms with Gasteiger partial charge in [-0.2, -0.15) is 0 Å². The average Bonchev–Trinajstić information content (AvgIpc) is 0.807. The zero-order valence-corrected chi connectivity index (χ0v) is 80.9. The smallest absolute Gasteiger partial charge is 0.186 e. The van der Waals surface area contributed by atoms with Crippen molar-refractivity contribution >= 4 is 68.8 Å². The predicted molar refractivity (Wildman–Crippen MR) is 507 cm³/mol. The molecule has 656 valence electrons. The summed E-state index contributed by atoms with van der Waals surface area (Å²) < 4.78 is 3.73. The largest absolute Gasteiger partial charge is 0.348 e. The van der Waals surface area contributed by atoms with Gasteiger partial charge < -0.3 is 9.13 Å². The lowest BCUT2D eigenvalue weighted by Gasteiger charge is -2.44. The molecule has 2 heterocycles. The molecule has 0 N–H and O–H groups in total. The number of halogens is 1. The molecule has 120 heavy (non-hydrogen) atoms. The number of rotatable bonds is 13. The van der Waals surface area contributed by atoms with E-state index < -0.39 is 10.8 Å². The lowest BCUT2D eigenvalue weighted by Crippen LogP contribution is -2.47. The first-order valence-electron chi connectivity index (χ1n) is 44.2. The number of Topliss-reactive ketones (excluding diaryl/α,β-unsaturated/α-hetero) is 8. The summed E-state index contributed by atoms with van der Waals surface area (Å²) in [6, 6.07) is 55.0. The Morgan fingerprint density at radius 2 is 0.750 bits per heavy atom. The monoisotopic (exact) mass is 1660 g/mol. The highest BCUT2D eigenvalue weighted by molar-refractivity contribution is 6.39. The van der Waals surface area contributed by atoms with E-state index in [1.807, 2.05) is 300 Å². The maximum absolute atomic E-state index is 12.7. The summed E-state index contributed by atoms with van der Waals surface area (Å²) in [4.78, 5) is 96.6. The highest BCUT2D eigenvalue weighted by atomic mass is 35.5. The predicted octanol–water partition coefficient (Wildman–Crippen LogP) is 28.7. The van der Waals surface area contributed by atoms with Crippen LogP contribution in [0.1, 0.15) is 330 Å². The molecular formula is C109H155ClN2O8. The Bertz CT molecular complexity index is 4560. The molecule has 0 unspecified atom stereocenters. The molecule has 11 rings (SSSR count). The molecule has 0 atom stereocenters. The standard InChI is InChI=1S/C18H20O.C16H22O.C15H22O.C14H16ClNO.C13H18O.C12H22O.C11H20O.C10H15NO/c1-18(2,3)17(19)13-14-9-11-16(12-10-14)15-7-5-4-6-8-15;1-12-6-8-13(9-7-12)16(10-5-11-16)14(17)15(2,3)4;1-11-7-9-12(10-8-11)15(5,6)13(16)14(2,3)4;1-14(2,3)13(17)12-11(15)9-7-5-6-8-10(9)16(12)4;1-10-5-7-11(8-6-10)9-12(14)13(2,3)4;1-12(2,3)11(13)10-8-6-4-5-7-9-10;1-11(2,3)10(12)9-7-5-4-6-8-9;1-10(2,3)9(12)8-6-5-7-11(8)4/h4-12H,13H2,1-3H3;6-9H,5,10-11H2,1-4H3;7-10H,1-6H3;5-8H,1-4H3;5-8H,9H2,1-4H3;10H,4-9H2,1-3H3;9H,4-8H2,1-3H3;5-7H,1-4H3. The van der Waals surface area contributed by atoms with Crippen LogP contribution in [0, 0.1) is 75.9 Å². The van der Waals surface area contributed by atoms with Crippen LogP contribution in [-0.2, 0) is 66.5 Å². The third-order valence-corrected chi connectivity index (χ3v) is 23.4. The molecule has 8 aromatic rings. The Morgan fingerprint density at radius 1 is 0.375 bits per heavy atom. The summed E-state index contributed by atoms with van der Waals surface area (Å²) in [6.07, 6.45) is 19.7. The van der Waals surface area contributed by atoms with Crippen LogP contribution in [0.5, 0.6) is 0 Å². The van der Waals surface area contributed by atoms with Crippen LogP contribution in [0.3, 0.4) is 0 Å². The van der Waals surface area contributed by atoms with Crippen molar-refractivity contribution in [1.82, 2.24) is 9.13 Å². The van der Waals surface area contributed by atoms with Gasteiger partial charge in [0.15, 0.2) is 11.6 Å². The number of carbonyl (C=O) groups is 8. The number of ketones is 8. The van der Waals surface area contributed by atoms with E-state index in [2.05, 4.69) is 93.6 Å². The SMILES string of the molecule is CC(C)(C)C(=O)C1CCCCC1.CC(C)(C)C(=O)C1CCCCCC1.CC(C)(C)C(=O)Cc1ccc(-c2ccccc2)cc1.Cc1ccc(C(C)(C)C(=O)C(C)(C)C)cc1.Cc1ccc(C2(C(=O)C(C)(C)C)CCC2)cc1.Cc1ccc(CC(=O)C(C)(C)C)cc1.Cn1c(C(=O)C(C)(C)C)c(Cl)c2ccccc21.Cn1cccc1C(=O)C(C)(C)C. The normalized spacial score (nSPS) is 14.7. The van der Waals surface area contributed by atoms with Crippen LogP contribution < -0.4 is 0 Å². The minimum absolute atomic E-state index is 0.0706. The first-order valence-corrected chi connectivity index (χ1v) is 44.6. The van der Waals surface area contributed by atoms with Gasteiger partial charge in [0.05, 0.1) is 16.1 Å². The van der Waals surface area contributed by atoms with E-state index >= 15 is 0 Å². The molecule has 0 bridgehead atoms. The molecule has 6 aromatic carbocycles. The fraction of sp³-hybridized carbons (Fsp3) is 0.541. The molecule has 0 amide bonds. The minimum Gasteiger partial charge on any atom is -0.348 e. The van der Waals surface area contributed by atoms with Crippen LogP contribution in [0.2, 0.25) is 5.02 Å². The number of benzene rings is 6. The zero-order chi connectivity index (χ0) is 91.1. The number of fused-ring (bicyclic) bond motifs is 1. The van der Waals surface area contributed by atoms with Crippen molar-refractivity contribution in [3.63, 3.8) is 0 Å². The average molecular weight is 1660 g/mol. The number of aromatic nitrogens is 2. The Morgan fingerprint density at radius 3 is 1.10 bits per heavy atom. The molecule has 3 fully saturated rings. The quantitative estimate of drug-likeness (QED) is 0.0819. The summed E-state index contributed by atoms with van der Waals surface area (Å²) in [5, 5.41) is 1.49. The van der Waals surface area contributed by atoms with E-state index in [-0.39, 0.29) is 66.5 Å². The maximum atomic E-state index is 12.7. The number of hydrogen-bond donors (Lipinski definition) is 0. The molecule has 10 nitrogen and oxygen atoms in total. The Labute approximate surface area is 731 Å². The molecule has 3 saturated carbocycles. The Hall–Kier alpha value is -8.21. The van der Waals surface area contributed by atoms with E-state index in [4.69, 9.17) is 11.6 Å². The van der Waals surface area contributed by atoms with Gasteiger partial charge in [-0.15, -0.1) is 0 Å². The summed E-state index contributed by atoms with van der Waals surface area (Å²) >= 11 is 6.32. The summed E-state index contributed by atoms with van der Waals surface area (Å²) in [6.45, 7) is 57.8. The Balaban J connectivity index is 0.000000290. The van der Waals surface area contributed by atoms with E-state index in [0.29, 0.717) is 58.5 Å². The maximum Gasteiger partial charge on any atom is 0.186 e. The van der Waals surface area contributed by atoms with Crippen molar-refractivity contribution in [2.45, 2.75) is 314 Å². The van der Waals surface area contributed by atoms with Gasteiger partial charge in [0.25, 0.3) is 0 Å². The van der Waals surface area contributed by atoms with Crippen LogP contribution in [0.25, 0.3) is 22.0 Å². The van der Waals surface area contributed by atoms with Gasteiger partial charge in [0.2, 0.25) is 0 Å². The van der Waals surface area contributed by atoms with E-state index in [1.165, 1.54) is 84.7 Å². The van der Waals surface area contributed by atoms with E-state index in [1.54, 1.807) is 0 Å². The van der Waals surface area contributed by atoms with Crippen molar-refractivity contribution < 1.29 is 38.4 Å². The van der Waals surface area contributed by atoms with E-state index in [9.17, 15) is 38.4 Å². The molecular weight excluding hydrogens is 1500 g/mol. The first kappa shape index (κ1) is 104. The number of nitrogens with zero attached hydrogens (tertiary/aromatic N) is 2. The lowest BCUT2D eigenvalue weighted by atomic mass is 9.57. The second-order valence-corrected chi connectivity index (χ2v) is 43.2. The highest BCUT2D eigenvalue weighted by Gasteiger charge is 2.49. The van der Waals surface area contributed by atoms with Gasteiger partial charge in [-0.25, -0.2) is 0 Å². The molecule has 0 radical (unpaired) electrons. The van der Waals surface area contributed by atoms with Gasteiger partial charge in [-0.05, 0) is 125 Å². The molecule has 3 aliphatic carbocycles. The van der Waals surface area contributed by atoms with Gasteiger partial charge in [-0.3, -0.25) is 38.4 Å². The van der Waals surface area contributed by atoms with Crippen molar-refractivity contribution in [2.75, 3.05) is 0 Å². The molecule has 0 spiro atoms. The van der Waals surface area contributed by atoms with Gasteiger partial charge in [0, 0.05) is 105 Å². The zero-order valence-electron chi connectivity index (χ0n) is 80.2. The second-order valence-electron chi connectivity index (χ2n) is 42.9. The topological polar surface area (TPSA) is 146 Å². The lowest BCUT2D eigenvalue weighted by molar-refractivity contribution is -0.135. The van der Waals surface area contributed by atoms with Crippen LogP contribution in [-0.4, -0.2) is 55.4 Å². The minimum atomic E-state index is -0.425. The fourth-order valence-corrected chi connectivity index (χ4v) is 15.4. The van der Waals surface area contributed by atoms with Crippen LogP contribution >= 0.6 is 11.6 Å². The molecule has 0 aliphatic heterocycles. The van der Waals surface area contributed by atoms with E-state index in [0.717, 1.165) is 71.8 Å². The number of carbonyl (C=O) groups excluding carboxylic acids is 8. The van der Waals surface area contributed by atoms with Crippen molar-refractivity contribution in [3.8, 4) is 11.1 Å².